The highest BCUT2D eigenvalue weighted by Crippen LogP contribution is 2.25. The van der Waals surface area contributed by atoms with Crippen molar-refractivity contribution in [3.05, 3.63) is 55.3 Å². The van der Waals surface area contributed by atoms with Crippen molar-refractivity contribution in [1.29, 1.82) is 0 Å². The lowest BCUT2D eigenvalue weighted by Crippen LogP contribution is -2.13. The van der Waals surface area contributed by atoms with Gasteiger partial charge in [-0.05, 0) is 62.6 Å². The van der Waals surface area contributed by atoms with Crippen molar-refractivity contribution in [2.75, 3.05) is 0 Å². The Kier molecular flexibility index (Phi) is 4.69. The summed E-state index contributed by atoms with van der Waals surface area (Å²) in [4.78, 5) is 0. The van der Waals surface area contributed by atoms with Crippen molar-refractivity contribution in [1.82, 2.24) is 0 Å². The molecule has 2 rings (SSSR count). The first kappa shape index (κ1) is 15.0. The van der Waals surface area contributed by atoms with E-state index in [0.717, 1.165) is 6.42 Å². The minimum Gasteiger partial charge on any atom is -0.324 e. The van der Waals surface area contributed by atoms with E-state index in [2.05, 4.69) is 79.1 Å². The predicted octanol–water partition coefficient (Wildman–Crippen LogP) is 4.89. The van der Waals surface area contributed by atoms with E-state index in [9.17, 15) is 0 Å². The van der Waals surface area contributed by atoms with Crippen molar-refractivity contribution in [3.63, 3.8) is 0 Å². The topological polar surface area (TPSA) is 26.0 Å². The fraction of sp³-hybridized carbons (Fsp3) is 0.375. The van der Waals surface area contributed by atoms with Gasteiger partial charge in [0.1, 0.15) is 0 Å². The summed E-state index contributed by atoms with van der Waals surface area (Å²) in [5.41, 5.74) is 10.4. The third kappa shape index (κ3) is 4.04. The van der Waals surface area contributed by atoms with Crippen LogP contribution in [0.5, 0.6) is 0 Å². The molecule has 2 N–H and O–H groups in total. The Hall–Kier alpha value is -0.390. The first-order chi connectivity index (χ1) is 8.86. The van der Waals surface area contributed by atoms with E-state index >= 15 is 0 Å². The highest BCUT2D eigenvalue weighted by atomic mass is 127. The number of thiophene rings is 1. The second-order valence-electron chi connectivity index (χ2n) is 5.94. The van der Waals surface area contributed by atoms with E-state index in [1.54, 1.807) is 11.3 Å². The van der Waals surface area contributed by atoms with Gasteiger partial charge in [0.05, 0.1) is 2.88 Å². The summed E-state index contributed by atoms with van der Waals surface area (Å²) in [5, 5.41) is 2.16. The zero-order chi connectivity index (χ0) is 14.0. The molecule has 0 amide bonds. The normalized spacial score (nSPS) is 13.5. The van der Waals surface area contributed by atoms with Gasteiger partial charge in [0.2, 0.25) is 0 Å². The molecule has 1 aromatic heterocycles. The molecule has 0 aliphatic carbocycles. The second kappa shape index (κ2) is 5.94. The average molecular weight is 385 g/mol. The lowest BCUT2D eigenvalue weighted by atomic mass is 9.86. The maximum atomic E-state index is 6.27. The van der Waals surface area contributed by atoms with Crippen LogP contribution < -0.4 is 5.73 Å². The number of rotatable bonds is 3. The van der Waals surface area contributed by atoms with Crippen LogP contribution in [0.3, 0.4) is 0 Å². The molecule has 0 saturated heterocycles. The minimum absolute atomic E-state index is 0.0975. The monoisotopic (exact) mass is 385 g/mol. The van der Waals surface area contributed by atoms with E-state index in [4.69, 9.17) is 5.73 Å². The molecule has 0 radical (unpaired) electrons. The van der Waals surface area contributed by atoms with Crippen molar-refractivity contribution in [2.45, 2.75) is 38.6 Å². The van der Waals surface area contributed by atoms with Gasteiger partial charge < -0.3 is 5.73 Å². The minimum atomic E-state index is 0.0975. The molecule has 0 spiro atoms. The van der Waals surface area contributed by atoms with Gasteiger partial charge in [0.25, 0.3) is 0 Å². The molecule has 3 heteroatoms. The Morgan fingerprint density at radius 1 is 1.21 bits per heavy atom. The molecule has 1 aromatic carbocycles. The van der Waals surface area contributed by atoms with E-state index in [1.165, 1.54) is 19.6 Å². The molecular weight excluding hydrogens is 365 g/mol. The molecule has 0 fully saturated rings. The van der Waals surface area contributed by atoms with Gasteiger partial charge in [-0.15, -0.1) is 11.3 Å². The maximum absolute atomic E-state index is 6.27. The smallest absolute Gasteiger partial charge is 0.0656 e. The lowest BCUT2D eigenvalue weighted by molar-refractivity contribution is 0.589. The maximum Gasteiger partial charge on any atom is 0.0656 e. The van der Waals surface area contributed by atoms with Crippen molar-refractivity contribution in [3.8, 4) is 0 Å². The van der Waals surface area contributed by atoms with Crippen LogP contribution in [-0.2, 0) is 11.8 Å². The first-order valence-corrected chi connectivity index (χ1v) is 8.41. The van der Waals surface area contributed by atoms with Crippen LogP contribution >= 0.6 is 33.9 Å². The van der Waals surface area contributed by atoms with Crippen LogP contribution in [0.1, 0.15) is 43.5 Å². The Morgan fingerprint density at radius 2 is 1.84 bits per heavy atom. The molecule has 1 heterocycles. The average Bonchev–Trinajstić information content (AvgIpc) is 2.75. The van der Waals surface area contributed by atoms with Gasteiger partial charge in [-0.3, -0.25) is 0 Å². The third-order valence-electron chi connectivity index (χ3n) is 3.29. The van der Waals surface area contributed by atoms with E-state index in [-0.39, 0.29) is 11.5 Å². The van der Waals surface area contributed by atoms with Gasteiger partial charge in [0.15, 0.2) is 0 Å². The summed E-state index contributed by atoms with van der Waals surface area (Å²) >= 11 is 4.10. The highest BCUT2D eigenvalue weighted by molar-refractivity contribution is 14.1. The third-order valence-corrected chi connectivity index (χ3v) is 5.10. The molecule has 0 aliphatic rings. The quantitative estimate of drug-likeness (QED) is 0.748. The molecule has 0 aliphatic heterocycles. The van der Waals surface area contributed by atoms with Crippen molar-refractivity contribution >= 4 is 33.9 Å². The number of benzene rings is 1. The van der Waals surface area contributed by atoms with E-state index in [1.807, 2.05) is 0 Å². The van der Waals surface area contributed by atoms with Crippen molar-refractivity contribution < 1.29 is 0 Å². The molecule has 1 unspecified atom stereocenters. The second-order valence-corrected chi connectivity index (χ2v) is 8.75. The lowest BCUT2D eigenvalue weighted by Gasteiger charge is -2.19. The van der Waals surface area contributed by atoms with Gasteiger partial charge >= 0.3 is 0 Å². The summed E-state index contributed by atoms with van der Waals surface area (Å²) < 4.78 is 1.30. The van der Waals surface area contributed by atoms with Crippen LogP contribution in [0.2, 0.25) is 0 Å². The Balaban J connectivity index is 2.07. The largest absolute Gasteiger partial charge is 0.324 e. The van der Waals surface area contributed by atoms with E-state index < -0.39 is 0 Å². The van der Waals surface area contributed by atoms with E-state index in [0.29, 0.717) is 0 Å². The van der Waals surface area contributed by atoms with Crippen LogP contribution in [-0.4, -0.2) is 0 Å². The van der Waals surface area contributed by atoms with Crippen LogP contribution in [0.15, 0.2) is 35.7 Å². The Bertz CT molecular complexity index is 537. The molecule has 0 bridgehead atoms. The summed E-state index contributed by atoms with van der Waals surface area (Å²) in [6.45, 7) is 6.71. The van der Waals surface area contributed by atoms with Gasteiger partial charge in [-0.1, -0.05) is 45.0 Å². The van der Waals surface area contributed by atoms with Gasteiger partial charge in [0, 0.05) is 6.04 Å². The molecule has 0 saturated carbocycles. The van der Waals surface area contributed by atoms with Crippen LogP contribution in [0.4, 0.5) is 0 Å². The van der Waals surface area contributed by atoms with Crippen molar-refractivity contribution in [2.24, 2.45) is 5.73 Å². The summed E-state index contributed by atoms with van der Waals surface area (Å²) in [6, 6.07) is 11.1. The van der Waals surface area contributed by atoms with Crippen LogP contribution in [0, 0.1) is 2.88 Å². The SMILES string of the molecule is CC(C)(C)c1ccc(CC(N)c2csc(I)c2)cc1. The fourth-order valence-electron chi connectivity index (χ4n) is 2.03. The Morgan fingerprint density at radius 3 is 2.32 bits per heavy atom. The Labute approximate surface area is 133 Å². The molecule has 1 nitrogen and oxygen atoms in total. The number of nitrogens with two attached hydrogens (primary N) is 1. The summed E-state index contributed by atoms with van der Waals surface area (Å²) in [6.07, 6.45) is 0.900. The van der Waals surface area contributed by atoms with Gasteiger partial charge in [-0.2, -0.15) is 0 Å². The molecule has 102 valence electrons. The highest BCUT2D eigenvalue weighted by Gasteiger charge is 2.14. The molecule has 2 aromatic rings. The zero-order valence-corrected chi connectivity index (χ0v) is 14.6. The molecule has 19 heavy (non-hydrogen) atoms. The number of halogens is 1. The fourth-order valence-corrected chi connectivity index (χ4v) is 3.47. The number of hydrogen-bond acceptors (Lipinski definition) is 2. The standard InChI is InChI=1S/C16H20INS/c1-16(2,3)13-6-4-11(5-7-13)8-14(18)12-9-15(17)19-10-12/h4-7,9-10,14H,8,18H2,1-3H3. The molecule has 1 atom stereocenters. The summed E-state index contributed by atoms with van der Waals surface area (Å²) in [5.74, 6) is 0. The number of hydrogen-bond donors (Lipinski definition) is 1. The van der Waals surface area contributed by atoms with Crippen LogP contribution in [0.25, 0.3) is 0 Å². The van der Waals surface area contributed by atoms with Gasteiger partial charge in [-0.25, -0.2) is 0 Å². The summed E-state index contributed by atoms with van der Waals surface area (Å²) in [7, 11) is 0. The molecular formula is C16H20INS. The zero-order valence-electron chi connectivity index (χ0n) is 11.6. The predicted molar refractivity (Wildman–Crippen MR) is 92.8 cm³/mol. The first-order valence-electron chi connectivity index (χ1n) is 6.45.